The van der Waals surface area contributed by atoms with Crippen LogP contribution in [0.4, 0.5) is 0 Å². The lowest BCUT2D eigenvalue weighted by Gasteiger charge is -2.42. The molecule has 0 radical (unpaired) electrons. The zero-order valence-electron chi connectivity index (χ0n) is 19.9. The molecule has 1 aliphatic heterocycles. The van der Waals surface area contributed by atoms with Gasteiger partial charge in [-0.2, -0.15) is 0 Å². The van der Waals surface area contributed by atoms with E-state index in [-0.39, 0.29) is 11.3 Å². The number of pyridine rings is 1. The van der Waals surface area contributed by atoms with Gasteiger partial charge >= 0.3 is 0 Å². The summed E-state index contributed by atoms with van der Waals surface area (Å²) in [6.45, 7) is 3.05. The Balaban J connectivity index is 1.46. The molecule has 3 aromatic rings. The largest absolute Gasteiger partial charge is 0.348 e. The zero-order valence-corrected chi connectivity index (χ0v) is 19.9. The van der Waals surface area contributed by atoms with Crippen molar-refractivity contribution in [2.45, 2.75) is 32.1 Å². The Labute approximate surface area is 198 Å². The van der Waals surface area contributed by atoms with Crippen molar-refractivity contribution in [3.63, 3.8) is 0 Å². The van der Waals surface area contributed by atoms with Gasteiger partial charge in [0.15, 0.2) is 0 Å². The molecule has 2 aromatic carbocycles. The van der Waals surface area contributed by atoms with Crippen LogP contribution in [0, 0.1) is 5.41 Å². The number of aryl methyl sites for hydroxylation is 1. The molecule has 172 valence electrons. The van der Waals surface area contributed by atoms with Crippen LogP contribution in [-0.4, -0.2) is 54.4 Å². The minimum Gasteiger partial charge on any atom is -0.348 e. The maximum absolute atomic E-state index is 13.5. The predicted molar refractivity (Wildman–Crippen MR) is 135 cm³/mol. The summed E-state index contributed by atoms with van der Waals surface area (Å²) >= 11 is 0. The summed E-state index contributed by atoms with van der Waals surface area (Å²) in [5.41, 5.74) is 4.67. The average Bonchev–Trinajstić information content (AvgIpc) is 2.86. The molecule has 4 heteroatoms. The SMILES string of the molecule is CN(C)C(=O)C1(Cc2ccccc2-c2ccncc2)CCN(CCCc2ccccc2)CC1. The number of benzene rings is 2. The number of aromatic nitrogens is 1. The van der Waals surface area contributed by atoms with Crippen molar-refractivity contribution in [1.29, 1.82) is 0 Å². The predicted octanol–water partition coefficient (Wildman–Crippen LogP) is 5.09. The van der Waals surface area contributed by atoms with Crippen molar-refractivity contribution in [1.82, 2.24) is 14.8 Å². The molecular formula is C29H35N3O. The first-order valence-corrected chi connectivity index (χ1v) is 12.0. The summed E-state index contributed by atoms with van der Waals surface area (Å²) in [7, 11) is 3.79. The van der Waals surface area contributed by atoms with Crippen LogP contribution in [0.3, 0.4) is 0 Å². The Morgan fingerprint density at radius 1 is 0.939 bits per heavy atom. The van der Waals surface area contributed by atoms with Gasteiger partial charge < -0.3 is 9.80 Å². The minimum atomic E-state index is -0.345. The maximum Gasteiger partial charge on any atom is 0.228 e. The molecule has 1 saturated heterocycles. The number of likely N-dealkylation sites (tertiary alicyclic amines) is 1. The van der Waals surface area contributed by atoms with Gasteiger partial charge in [0.05, 0.1) is 5.41 Å². The van der Waals surface area contributed by atoms with Crippen LogP contribution in [-0.2, 0) is 17.6 Å². The van der Waals surface area contributed by atoms with Crippen molar-refractivity contribution in [3.05, 3.63) is 90.3 Å². The van der Waals surface area contributed by atoms with Gasteiger partial charge in [-0.1, -0.05) is 54.6 Å². The van der Waals surface area contributed by atoms with Gasteiger partial charge in [-0.25, -0.2) is 0 Å². The topological polar surface area (TPSA) is 36.4 Å². The molecule has 1 fully saturated rings. The van der Waals surface area contributed by atoms with Gasteiger partial charge in [0.1, 0.15) is 0 Å². The molecular weight excluding hydrogens is 406 g/mol. The van der Waals surface area contributed by atoms with Crippen LogP contribution in [0.15, 0.2) is 79.1 Å². The average molecular weight is 442 g/mol. The summed E-state index contributed by atoms with van der Waals surface area (Å²) < 4.78 is 0. The fourth-order valence-corrected chi connectivity index (χ4v) is 5.15. The number of piperidine rings is 1. The first-order chi connectivity index (χ1) is 16.1. The van der Waals surface area contributed by atoms with Crippen molar-refractivity contribution in [2.75, 3.05) is 33.7 Å². The molecule has 2 heterocycles. The van der Waals surface area contributed by atoms with Crippen LogP contribution in [0.2, 0.25) is 0 Å². The van der Waals surface area contributed by atoms with Gasteiger partial charge in [-0.05, 0) is 86.1 Å². The summed E-state index contributed by atoms with van der Waals surface area (Å²) in [6, 6.07) is 23.3. The van der Waals surface area contributed by atoms with Crippen LogP contribution in [0.25, 0.3) is 11.1 Å². The number of hydrogen-bond acceptors (Lipinski definition) is 3. The third-order valence-electron chi connectivity index (χ3n) is 6.99. The number of amides is 1. The van der Waals surface area contributed by atoms with Gasteiger partial charge in [-0.3, -0.25) is 9.78 Å². The van der Waals surface area contributed by atoms with E-state index in [4.69, 9.17) is 0 Å². The number of rotatable bonds is 8. The fourth-order valence-electron chi connectivity index (χ4n) is 5.15. The fraction of sp³-hybridized carbons (Fsp3) is 0.379. The third-order valence-corrected chi connectivity index (χ3v) is 6.99. The van der Waals surface area contributed by atoms with E-state index in [0.717, 1.165) is 57.3 Å². The van der Waals surface area contributed by atoms with Crippen LogP contribution in [0.1, 0.15) is 30.4 Å². The van der Waals surface area contributed by atoms with Gasteiger partial charge in [-0.15, -0.1) is 0 Å². The van der Waals surface area contributed by atoms with Crippen LogP contribution >= 0.6 is 0 Å². The second kappa shape index (κ2) is 10.8. The molecule has 0 spiro atoms. The molecule has 0 aliphatic carbocycles. The van der Waals surface area contributed by atoms with Crippen molar-refractivity contribution in [3.8, 4) is 11.1 Å². The highest BCUT2D eigenvalue weighted by Crippen LogP contribution is 2.39. The van der Waals surface area contributed by atoms with Crippen molar-refractivity contribution >= 4 is 5.91 Å². The van der Waals surface area contributed by atoms with E-state index in [1.54, 1.807) is 4.90 Å². The molecule has 0 unspecified atom stereocenters. The van der Waals surface area contributed by atoms with Crippen LogP contribution < -0.4 is 0 Å². The number of carbonyl (C=O) groups is 1. The summed E-state index contributed by atoms with van der Waals surface area (Å²) in [5, 5.41) is 0. The van der Waals surface area contributed by atoms with E-state index in [1.807, 2.05) is 26.5 Å². The molecule has 4 nitrogen and oxygen atoms in total. The Morgan fingerprint density at radius 3 is 2.30 bits per heavy atom. The molecule has 1 amide bonds. The third kappa shape index (κ3) is 5.69. The summed E-state index contributed by atoms with van der Waals surface area (Å²) in [5.74, 6) is 0.260. The van der Waals surface area contributed by atoms with E-state index < -0.39 is 0 Å². The lowest BCUT2D eigenvalue weighted by molar-refractivity contribution is -0.142. The Hall–Kier alpha value is -2.98. The number of nitrogens with zero attached hydrogens (tertiary/aromatic N) is 3. The number of carbonyl (C=O) groups excluding carboxylic acids is 1. The van der Waals surface area contributed by atoms with E-state index >= 15 is 0 Å². The Kier molecular flexibility index (Phi) is 7.56. The molecule has 0 N–H and O–H groups in total. The molecule has 0 atom stereocenters. The van der Waals surface area contributed by atoms with Crippen LogP contribution in [0.5, 0.6) is 0 Å². The van der Waals surface area contributed by atoms with Crippen molar-refractivity contribution in [2.24, 2.45) is 5.41 Å². The van der Waals surface area contributed by atoms with E-state index in [9.17, 15) is 4.79 Å². The smallest absolute Gasteiger partial charge is 0.228 e. The standard InChI is InChI=1S/C29H35N3O/c1-31(2)28(33)29(23-26-12-6-7-13-27(26)25-14-18-30-19-15-25)16-21-32(22-17-29)20-8-11-24-9-4-3-5-10-24/h3-7,9-10,12-15,18-19H,8,11,16-17,20-23H2,1-2H3. The normalized spacial score (nSPS) is 15.8. The molecule has 33 heavy (non-hydrogen) atoms. The Morgan fingerprint density at radius 2 is 1.61 bits per heavy atom. The lowest BCUT2D eigenvalue weighted by atomic mass is 9.71. The first-order valence-electron chi connectivity index (χ1n) is 12.0. The second-order valence-electron chi connectivity index (χ2n) is 9.48. The highest BCUT2D eigenvalue weighted by atomic mass is 16.2. The van der Waals surface area contributed by atoms with Crippen molar-refractivity contribution < 1.29 is 4.79 Å². The minimum absolute atomic E-state index is 0.260. The quantitative estimate of drug-likeness (QED) is 0.488. The zero-order chi connectivity index (χ0) is 23.1. The summed E-state index contributed by atoms with van der Waals surface area (Å²) in [6.07, 6.45) is 8.52. The van der Waals surface area contributed by atoms with E-state index in [2.05, 4.69) is 76.6 Å². The Bertz CT molecular complexity index is 1030. The highest BCUT2D eigenvalue weighted by Gasteiger charge is 2.42. The van der Waals surface area contributed by atoms with Gasteiger partial charge in [0.2, 0.25) is 5.91 Å². The molecule has 0 bridgehead atoms. The van der Waals surface area contributed by atoms with E-state index in [0.29, 0.717) is 0 Å². The molecule has 1 aliphatic rings. The summed E-state index contributed by atoms with van der Waals surface area (Å²) in [4.78, 5) is 22.0. The van der Waals surface area contributed by atoms with Gasteiger partial charge in [0, 0.05) is 26.5 Å². The van der Waals surface area contributed by atoms with Gasteiger partial charge in [0.25, 0.3) is 0 Å². The number of hydrogen-bond donors (Lipinski definition) is 0. The van der Waals surface area contributed by atoms with E-state index in [1.165, 1.54) is 16.7 Å². The molecule has 0 saturated carbocycles. The first kappa shape index (κ1) is 23.2. The second-order valence-corrected chi connectivity index (χ2v) is 9.48. The monoisotopic (exact) mass is 441 g/mol. The lowest BCUT2D eigenvalue weighted by Crippen LogP contribution is -2.49. The molecule has 1 aromatic heterocycles. The maximum atomic E-state index is 13.5. The molecule has 4 rings (SSSR count). The highest BCUT2D eigenvalue weighted by molar-refractivity contribution is 5.83.